The van der Waals surface area contributed by atoms with Crippen LogP contribution in [0.15, 0.2) is 48.5 Å². The minimum atomic E-state index is -0.231. The molecule has 2 N–H and O–H groups in total. The number of rotatable bonds is 8. The number of ether oxygens (including phenoxy) is 3. The normalized spacial score (nSPS) is 9.92. The SMILES string of the molecule is COc1cc(OC)cc(OCCNC(=O)NCc2ccccc2)c1. The average Bonchev–Trinajstić information content (AvgIpc) is 2.64. The van der Waals surface area contributed by atoms with E-state index in [1.165, 1.54) is 0 Å². The van der Waals surface area contributed by atoms with Gasteiger partial charge in [0, 0.05) is 24.7 Å². The molecule has 0 aliphatic carbocycles. The van der Waals surface area contributed by atoms with Crippen molar-refractivity contribution in [3.63, 3.8) is 0 Å². The van der Waals surface area contributed by atoms with E-state index in [4.69, 9.17) is 14.2 Å². The predicted molar refractivity (Wildman–Crippen MR) is 91.7 cm³/mol. The summed E-state index contributed by atoms with van der Waals surface area (Å²) < 4.78 is 16.0. The molecule has 24 heavy (non-hydrogen) atoms. The Labute approximate surface area is 141 Å². The summed E-state index contributed by atoms with van der Waals surface area (Å²) in [5.74, 6) is 1.92. The highest BCUT2D eigenvalue weighted by Gasteiger charge is 2.04. The van der Waals surface area contributed by atoms with Gasteiger partial charge in [0.15, 0.2) is 0 Å². The van der Waals surface area contributed by atoms with Gasteiger partial charge >= 0.3 is 6.03 Å². The highest BCUT2D eigenvalue weighted by atomic mass is 16.5. The minimum absolute atomic E-state index is 0.231. The molecule has 0 aromatic heterocycles. The number of methoxy groups -OCH3 is 2. The van der Waals surface area contributed by atoms with Gasteiger partial charge in [0.2, 0.25) is 0 Å². The third kappa shape index (κ3) is 5.72. The molecule has 0 fully saturated rings. The van der Waals surface area contributed by atoms with E-state index in [2.05, 4.69) is 10.6 Å². The maximum atomic E-state index is 11.7. The van der Waals surface area contributed by atoms with E-state index < -0.39 is 0 Å². The molecular weight excluding hydrogens is 308 g/mol. The van der Waals surface area contributed by atoms with Crippen molar-refractivity contribution in [2.75, 3.05) is 27.4 Å². The Morgan fingerprint density at radius 1 is 0.917 bits per heavy atom. The Morgan fingerprint density at radius 2 is 1.54 bits per heavy atom. The Balaban J connectivity index is 1.69. The second kappa shape index (κ2) is 9.29. The quantitative estimate of drug-likeness (QED) is 0.730. The first-order valence-corrected chi connectivity index (χ1v) is 7.63. The van der Waals surface area contributed by atoms with Crippen LogP contribution in [0.2, 0.25) is 0 Å². The third-order valence-electron chi connectivity index (χ3n) is 3.28. The summed E-state index contributed by atoms with van der Waals surface area (Å²) in [6.07, 6.45) is 0. The van der Waals surface area contributed by atoms with Gasteiger partial charge < -0.3 is 24.8 Å². The van der Waals surface area contributed by atoms with Crippen molar-refractivity contribution >= 4 is 6.03 Å². The molecule has 0 spiro atoms. The highest BCUT2D eigenvalue weighted by molar-refractivity contribution is 5.73. The van der Waals surface area contributed by atoms with Gasteiger partial charge in [-0.05, 0) is 5.56 Å². The largest absolute Gasteiger partial charge is 0.496 e. The van der Waals surface area contributed by atoms with Crippen LogP contribution < -0.4 is 24.8 Å². The monoisotopic (exact) mass is 330 g/mol. The van der Waals surface area contributed by atoms with Crippen LogP contribution >= 0.6 is 0 Å². The standard InChI is InChI=1S/C18H22N2O4/c1-22-15-10-16(23-2)12-17(11-15)24-9-8-19-18(21)20-13-14-6-4-3-5-7-14/h3-7,10-12H,8-9,13H2,1-2H3,(H2,19,20,21). The molecule has 2 amide bonds. The molecular formula is C18H22N2O4. The molecule has 6 heteroatoms. The number of nitrogens with one attached hydrogen (secondary N) is 2. The van der Waals surface area contributed by atoms with Crippen LogP contribution in [0.1, 0.15) is 5.56 Å². The number of carbonyl (C=O) groups excluding carboxylic acids is 1. The van der Waals surface area contributed by atoms with Gasteiger partial charge in [-0.2, -0.15) is 0 Å². The lowest BCUT2D eigenvalue weighted by molar-refractivity contribution is 0.236. The molecule has 0 saturated heterocycles. The molecule has 128 valence electrons. The second-order valence-electron chi connectivity index (χ2n) is 4.99. The van der Waals surface area contributed by atoms with Crippen molar-refractivity contribution < 1.29 is 19.0 Å². The fourth-order valence-corrected chi connectivity index (χ4v) is 2.04. The zero-order valence-electron chi connectivity index (χ0n) is 13.9. The molecule has 2 aromatic carbocycles. The second-order valence-corrected chi connectivity index (χ2v) is 4.99. The molecule has 6 nitrogen and oxygen atoms in total. The Hall–Kier alpha value is -2.89. The lowest BCUT2D eigenvalue weighted by Crippen LogP contribution is -2.37. The number of carbonyl (C=O) groups is 1. The van der Waals surface area contributed by atoms with Crippen LogP contribution in [0.5, 0.6) is 17.2 Å². The van der Waals surface area contributed by atoms with Gasteiger partial charge in [0.05, 0.1) is 20.8 Å². The van der Waals surface area contributed by atoms with E-state index in [0.29, 0.717) is 36.9 Å². The van der Waals surface area contributed by atoms with Crippen molar-refractivity contribution in [3.05, 3.63) is 54.1 Å². The molecule has 0 saturated carbocycles. The Bertz CT molecular complexity index is 624. The molecule has 0 aliphatic heterocycles. The molecule has 0 atom stereocenters. The summed E-state index contributed by atoms with van der Waals surface area (Å²) in [5.41, 5.74) is 1.05. The van der Waals surface area contributed by atoms with E-state index in [1.807, 2.05) is 30.3 Å². The summed E-state index contributed by atoms with van der Waals surface area (Å²) in [4.78, 5) is 11.7. The molecule has 0 bridgehead atoms. The van der Waals surface area contributed by atoms with Crippen LogP contribution in [0.4, 0.5) is 4.79 Å². The van der Waals surface area contributed by atoms with Gasteiger partial charge in [-0.15, -0.1) is 0 Å². The maximum absolute atomic E-state index is 11.7. The molecule has 0 unspecified atom stereocenters. The summed E-state index contributed by atoms with van der Waals surface area (Å²) >= 11 is 0. The number of urea groups is 1. The highest BCUT2D eigenvalue weighted by Crippen LogP contribution is 2.27. The zero-order valence-corrected chi connectivity index (χ0v) is 13.9. The zero-order chi connectivity index (χ0) is 17.2. The van der Waals surface area contributed by atoms with Crippen LogP contribution in [0, 0.1) is 0 Å². The van der Waals surface area contributed by atoms with Crippen LogP contribution in [-0.2, 0) is 6.54 Å². The van der Waals surface area contributed by atoms with Gasteiger partial charge in [0.25, 0.3) is 0 Å². The first-order valence-electron chi connectivity index (χ1n) is 7.63. The Morgan fingerprint density at radius 3 is 2.17 bits per heavy atom. The molecule has 2 rings (SSSR count). The first-order chi connectivity index (χ1) is 11.7. The first kappa shape index (κ1) is 17.5. The lowest BCUT2D eigenvalue weighted by atomic mass is 10.2. The fourth-order valence-electron chi connectivity index (χ4n) is 2.04. The van der Waals surface area contributed by atoms with Gasteiger partial charge in [-0.25, -0.2) is 4.79 Å². The van der Waals surface area contributed by atoms with Crippen molar-refractivity contribution in [1.29, 1.82) is 0 Å². The molecule has 0 aliphatic rings. The molecule has 0 heterocycles. The summed E-state index contributed by atoms with van der Waals surface area (Å²) in [6, 6.07) is 14.8. The van der Waals surface area contributed by atoms with Crippen molar-refractivity contribution in [2.45, 2.75) is 6.54 Å². The van der Waals surface area contributed by atoms with Crippen LogP contribution in [0.25, 0.3) is 0 Å². The van der Waals surface area contributed by atoms with Crippen molar-refractivity contribution in [1.82, 2.24) is 10.6 Å². The summed E-state index contributed by atoms with van der Waals surface area (Å²) in [7, 11) is 3.16. The van der Waals surface area contributed by atoms with Gasteiger partial charge in [-0.1, -0.05) is 30.3 Å². The van der Waals surface area contributed by atoms with E-state index >= 15 is 0 Å². The van der Waals surface area contributed by atoms with Crippen molar-refractivity contribution in [3.8, 4) is 17.2 Å². The summed E-state index contributed by atoms with van der Waals surface area (Å²) in [5, 5.41) is 5.53. The van der Waals surface area contributed by atoms with Crippen molar-refractivity contribution in [2.24, 2.45) is 0 Å². The topological polar surface area (TPSA) is 68.8 Å². The Kier molecular flexibility index (Phi) is 6.76. The number of benzene rings is 2. The molecule has 0 radical (unpaired) electrons. The fraction of sp³-hybridized carbons (Fsp3) is 0.278. The summed E-state index contributed by atoms with van der Waals surface area (Å²) in [6.45, 7) is 1.22. The van der Waals surface area contributed by atoms with Crippen LogP contribution in [-0.4, -0.2) is 33.4 Å². The third-order valence-corrected chi connectivity index (χ3v) is 3.28. The van der Waals surface area contributed by atoms with E-state index in [9.17, 15) is 4.79 Å². The lowest BCUT2D eigenvalue weighted by Gasteiger charge is -2.11. The van der Waals surface area contributed by atoms with E-state index in [1.54, 1.807) is 32.4 Å². The van der Waals surface area contributed by atoms with Gasteiger partial charge in [-0.3, -0.25) is 0 Å². The predicted octanol–water partition coefficient (Wildman–Crippen LogP) is 2.58. The number of hydrogen-bond acceptors (Lipinski definition) is 4. The van der Waals surface area contributed by atoms with E-state index in [0.717, 1.165) is 5.56 Å². The minimum Gasteiger partial charge on any atom is -0.496 e. The maximum Gasteiger partial charge on any atom is 0.315 e. The average molecular weight is 330 g/mol. The molecule has 2 aromatic rings. The van der Waals surface area contributed by atoms with Crippen LogP contribution in [0.3, 0.4) is 0 Å². The number of hydrogen-bond donors (Lipinski definition) is 2. The number of amides is 2. The van der Waals surface area contributed by atoms with Gasteiger partial charge in [0.1, 0.15) is 23.9 Å². The van der Waals surface area contributed by atoms with E-state index in [-0.39, 0.29) is 6.03 Å². The smallest absolute Gasteiger partial charge is 0.315 e.